The highest BCUT2D eigenvalue weighted by Gasteiger charge is 2.16. The van der Waals surface area contributed by atoms with Crippen LogP contribution in [0.25, 0.3) is 11.3 Å². The van der Waals surface area contributed by atoms with Crippen LogP contribution in [0.1, 0.15) is 6.92 Å². The molecule has 0 unspecified atom stereocenters. The number of nitrogens with one attached hydrogen (secondary N) is 1. The number of carbonyl (C=O) groups is 2. The van der Waals surface area contributed by atoms with E-state index in [2.05, 4.69) is 15.0 Å². The second-order valence-corrected chi connectivity index (χ2v) is 4.44. The van der Waals surface area contributed by atoms with Crippen LogP contribution >= 0.6 is 11.3 Å². The normalized spacial score (nSPS) is 9.95. The average molecular weight is 276 g/mol. The number of hydrogen-bond acceptors (Lipinski definition) is 5. The molecule has 0 aliphatic carbocycles. The lowest BCUT2D eigenvalue weighted by molar-refractivity contribution is -0.152. The molecule has 0 atom stereocenters. The smallest absolute Gasteiger partial charge is 0.397 e. The fraction of sp³-hybridized carbons (Fsp3) is 0.154. The topological polar surface area (TPSA) is 68.3 Å². The van der Waals surface area contributed by atoms with Crippen molar-refractivity contribution >= 4 is 28.3 Å². The molecule has 0 spiro atoms. The quantitative estimate of drug-likeness (QED) is 0.690. The predicted molar refractivity (Wildman–Crippen MR) is 72.8 cm³/mol. The van der Waals surface area contributed by atoms with Gasteiger partial charge in [0.1, 0.15) is 0 Å². The highest BCUT2D eigenvalue weighted by atomic mass is 32.1. The van der Waals surface area contributed by atoms with Gasteiger partial charge in [0.25, 0.3) is 0 Å². The van der Waals surface area contributed by atoms with E-state index in [0.29, 0.717) is 5.13 Å². The molecule has 6 heteroatoms. The lowest BCUT2D eigenvalue weighted by Gasteiger charge is -2.00. The molecule has 0 aliphatic heterocycles. The lowest BCUT2D eigenvalue weighted by Crippen LogP contribution is -2.24. The molecule has 0 bridgehead atoms. The van der Waals surface area contributed by atoms with Gasteiger partial charge >= 0.3 is 11.9 Å². The van der Waals surface area contributed by atoms with E-state index in [9.17, 15) is 9.59 Å². The molecule has 0 aliphatic rings. The number of carbonyl (C=O) groups excluding carboxylic acids is 2. The van der Waals surface area contributed by atoms with Crippen molar-refractivity contribution in [3.05, 3.63) is 35.7 Å². The number of thiazole rings is 1. The monoisotopic (exact) mass is 276 g/mol. The van der Waals surface area contributed by atoms with Gasteiger partial charge in [-0.3, -0.25) is 10.1 Å². The summed E-state index contributed by atoms with van der Waals surface area (Å²) >= 11 is 1.26. The van der Waals surface area contributed by atoms with E-state index < -0.39 is 11.9 Å². The van der Waals surface area contributed by atoms with Crippen LogP contribution in [0.3, 0.4) is 0 Å². The summed E-state index contributed by atoms with van der Waals surface area (Å²) in [5.74, 6) is -1.71. The van der Waals surface area contributed by atoms with E-state index in [1.54, 1.807) is 6.92 Å². The van der Waals surface area contributed by atoms with Gasteiger partial charge in [-0.1, -0.05) is 30.3 Å². The molecule has 2 rings (SSSR count). The first kappa shape index (κ1) is 13.2. The Morgan fingerprint density at radius 2 is 2.05 bits per heavy atom. The van der Waals surface area contributed by atoms with Crippen molar-refractivity contribution < 1.29 is 14.3 Å². The van der Waals surface area contributed by atoms with Gasteiger partial charge < -0.3 is 4.74 Å². The molecule has 0 saturated carbocycles. The van der Waals surface area contributed by atoms with Gasteiger partial charge in [-0.05, 0) is 6.92 Å². The minimum Gasteiger partial charge on any atom is -0.459 e. The Morgan fingerprint density at radius 3 is 2.74 bits per heavy atom. The van der Waals surface area contributed by atoms with Crippen molar-refractivity contribution in [1.82, 2.24) is 4.98 Å². The van der Waals surface area contributed by atoms with Crippen molar-refractivity contribution in [2.45, 2.75) is 6.92 Å². The van der Waals surface area contributed by atoms with Gasteiger partial charge in [-0.2, -0.15) is 0 Å². The Labute approximate surface area is 114 Å². The third-order valence-corrected chi connectivity index (χ3v) is 3.01. The van der Waals surface area contributed by atoms with Gasteiger partial charge in [0.15, 0.2) is 5.13 Å². The first-order valence-electron chi connectivity index (χ1n) is 5.69. The van der Waals surface area contributed by atoms with Gasteiger partial charge in [-0.15, -0.1) is 11.3 Å². The maximum atomic E-state index is 11.4. The first-order valence-corrected chi connectivity index (χ1v) is 6.57. The zero-order valence-corrected chi connectivity index (χ0v) is 11.1. The molecule has 1 aromatic heterocycles. The molecule has 1 N–H and O–H groups in total. The average Bonchev–Trinajstić information content (AvgIpc) is 2.88. The van der Waals surface area contributed by atoms with Gasteiger partial charge in [0, 0.05) is 10.9 Å². The Kier molecular flexibility index (Phi) is 4.25. The van der Waals surface area contributed by atoms with Crippen LogP contribution in [-0.4, -0.2) is 23.5 Å². The molecule has 1 amide bonds. The molecule has 0 saturated heterocycles. The van der Waals surface area contributed by atoms with Crippen molar-refractivity contribution in [1.29, 1.82) is 0 Å². The summed E-state index contributed by atoms with van der Waals surface area (Å²) in [6, 6.07) is 9.58. The van der Waals surface area contributed by atoms with Crippen LogP contribution in [0.5, 0.6) is 0 Å². The van der Waals surface area contributed by atoms with Crippen LogP contribution in [0.2, 0.25) is 0 Å². The van der Waals surface area contributed by atoms with Crippen LogP contribution in [0, 0.1) is 0 Å². The van der Waals surface area contributed by atoms with Crippen molar-refractivity contribution in [2.75, 3.05) is 11.9 Å². The van der Waals surface area contributed by atoms with Crippen LogP contribution in [-0.2, 0) is 14.3 Å². The number of amides is 1. The molecule has 1 heterocycles. The van der Waals surface area contributed by atoms with Gasteiger partial charge in [0.05, 0.1) is 12.3 Å². The molecular formula is C13H12N2O3S. The van der Waals surface area contributed by atoms with Crippen molar-refractivity contribution in [3.63, 3.8) is 0 Å². The number of rotatable bonds is 3. The summed E-state index contributed by atoms with van der Waals surface area (Å²) in [6.07, 6.45) is 0. The summed E-state index contributed by atoms with van der Waals surface area (Å²) in [6.45, 7) is 1.81. The predicted octanol–water partition coefficient (Wildman–Crippen LogP) is 2.31. The molecule has 1 aromatic carbocycles. The van der Waals surface area contributed by atoms with Gasteiger partial charge in [0.2, 0.25) is 0 Å². The Balaban J connectivity index is 2.06. The zero-order chi connectivity index (χ0) is 13.7. The SMILES string of the molecule is CCOC(=O)C(=O)Nc1nc(-c2ccccc2)cs1. The second kappa shape index (κ2) is 6.10. The van der Waals surface area contributed by atoms with E-state index in [1.165, 1.54) is 11.3 Å². The van der Waals surface area contributed by atoms with Crippen LogP contribution < -0.4 is 5.32 Å². The van der Waals surface area contributed by atoms with Crippen molar-refractivity contribution in [3.8, 4) is 11.3 Å². The number of aromatic nitrogens is 1. The maximum absolute atomic E-state index is 11.4. The van der Waals surface area contributed by atoms with Crippen molar-refractivity contribution in [2.24, 2.45) is 0 Å². The Bertz CT molecular complexity index is 581. The maximum Gasteiger partial charge on any atom is 0.397 e. The fourth-order valence-corrected chi connectivity index (χ4v) is 2.13. The highest BCUT2D eigenvalue weighted by Crippen LogP contribution is 2.24. The number of benzene rings is 1. The number of ether oxygens (including phenoxy) is 1. The first-order chi connectivity index (χ1) is 9.20. The summed E-state index contributed by atoms with van der Waals surface area (Å²) in [5, 5.41) is 4.60. The van der Waals surface area contributed by atoms with Gasteiger partial charge in [-0.25, -0.2) is 9.78 Å². The third kappa shape index (κ3) is 3.38. The molecule has 19 heavy (non-hydrogen) atoms. The van der Waals surface area contributed by atoms with E-state index >= 15 is 0 Å². The summed E-state index contributed by atoms with van der Waals surface area (Å²) in [7, 11) is 0. The molecule has 0 fully saturated rings. The molecule has 98 valence electrons. The van der Waals surface area contributed by atoms with E-state index in [4.69, 9.17) is 0 Å². The summed E-state index contributed by atoms with van der Waals surface area (Å²) < 4.78 is 4.59. The number of esters is 1. The Hall–Kier alpha value is -2.21. The highest BCUT2D eigenvalue weighted by molar-refractivity contribution is 7.14. The van der Waals surface area contributed by atoms with Crippen LogP contribution in [0.4, 0.5) is 5.13 Å². The fourth-order valence-electron chi connectivity index (χ4n) is 1.42. The largest absolute Gasteiger partial charge is 0.459 e. The van der Waals surface area contributed by atoms with E-state index in [-0.39, 0.29) is 6.61 Å². The molecule has 5 nitrogen and oxygen atoms in total. The third-order valence-electron chi connectivity index (χ3n) is 2.26. The number of hydrogen-bond donors (Lipinski definition) is 1. The standard InChI is InChI=1S/C13H12N2O3S/c1-2-18-12(17)11(16)15-13-14-10(8-19-13)9-6-4-3-5-7-9/h3-8H,2H2,1H3,(H,14,15,16). The lowest BCUT2D eigenvalue weighted by atomic mass is 10.2. The zero-order valence-electron chi connectivity index (χ0n) is 10.3. The molecular weight excluding hydrogens is 264 g/mol. The number of nitrogens with zero attached hydrogens (tertiary/aromatic N) is 1. The Morgan fingerprint density at radius 1 is 1.32 bits per heavy atom. The molecule has 0 radical (unpaired) electrons. The van der Waals surface area contributed by atoms with E-state index in [1.807, 2.05) is 35.7 Å². The minimum absolute atomic E-state index is 0.166. The summed E-state index contributed by atoms with van der Waals surface area (Å²) in [4.78, 5) is 26.8. The molecule has 2 aromatic rings. The summed E-state index contributed by atoms with van der Waals surface area (Å²) in [5.41, 5.74) is 1.71. The van der Waals surface area contributed by atoms with Crippen LogP contribution in [0.15, 0.2) is 35.7 Å². The number of anilines is 1. The van der Waals surface area contributed by atoms with E-state index in [0.717, 1.165) is 11.3 Å². The second-order valence-electron chi connectivity index (χ2n) is 3.58. The minimum atomic E-state index is -0.904.